The second-order valence-electron chi connectivity index (χ2n) is 7.80. The van der Waals surface area contributed by atoms with Gasteiger partial charge >= 0.3 is 0 Å². The van der Waals surface area contributed by atoms with Gasteiger partial charge in [-0.05, 0) is 46.4 Å². The molecule has 0 N–H and O–H groups in total. The summed E-state index contributed by atoms with van der Waals surface area (Å²) in [5, 5.41) is 3.95. The maximum Gasteiger partial charge on any atom is 0.232 e. The Morgan fingerprint density at radius 1 is 1.15 bits per heavy atom. The van der Waals surface area contributed by atoms with Crippen LogP contribution in [0.5, 0.6) is 0 Å². The van der Waals surface area contributed by atoms with Crippen LogP contribution in [0.1, 0.15) is 44.6 Å². The van der Waals surface area contributed by atoms with E-state index in [1.165, 1.54) is 11.0 Å². The summed E-state index contributed by atoms with van der Waals surface area (Å²) in [5.74, 6) is -0.760. The van der Waals surface area contributed by atoms with E-state index in [0.29, 0.717) is 24.1 Å². The first-order valence-corrected chi connectivity index (χ1v) is 9.67. The molecule has 26 heavy (non-hydrogen) atoms. The summed E-state index contributed by atoms with van der Waals surface area (Å²) in [6, 6.07) is 8.25. The normalized spacial score (nSPS) is 22.6. The van der Waals surface area contributed by atoms with Crippen molar-refractivity contribution in [3.05, 3.63) is 63.7 Å². The van der Waals surface area contributed by atoms with Crippen molar-refractivity contribution in [2.75, 3.05) is 4.90 Å². The van der Waals surface area contributed by atoms with Crippen molar-refractivity contribution >= 4 is 28.7 Å². The Bertz CT molecular complexity index is 914. The highest BCUT2D eigenvalue weighted by molar-refractivity contribution is 7.08. The Hall–Kier alpha value is -2.27. The number of benzene rings is 1. The van der Waals surface area contributed by atoms with Crippen LogP contribution >= 0.6 is 11.3 Å². The van der Waals surface area contributed by atoms with Crippen molar-refractivity contribution in [3.8, 4) is 0 Å². The van der Waals surface area contributed by atoms with E-state index >= 15 is 0 Å². The zero-order valence-electron chi connectivity index (χ0n) is 14.8. The number of anilines is 1. The second kappa shape index (κ2) is 6.16. The number of nitrogens with zero attached hydrogens (tertiary/aromatic N) is 1. The van der Waals surface area contributed by atoms with Crippen LogP contribution in [-0.4, -0.2) is 11.7 Å². The van der Waals surface area contributed by atoms with Gasteiger partial charge in [0.2, 0.25) is 5.91 Å². The summed E-state index contributed by atoms with van der Waals surface area (Å²) in [6.45, 7) is 4.04. The van der Waals surface area contributed by atoms with Gasteiger partial charge in [-0.25, -0.2) is 4.39 Å². The Balaban J connectivity index is 1.92. The molecule has 2 aliphatic rings. The van der Waals surface area contributed by atoms with Crippen LogP contribution in [0.4, 0.5) is 10.1 Å². The van der Waals surface area contributed by atoms with E-state index in [0.717, 1.165) is 5.56 Å². The molecule has 0 fully saturated rings. The first kappa shape index (κ1) is 17.2. The smallest absolute Gasteiger partial charge is 0.232 e. The molecule has 1 amide bonds. The topological polar surface area (TPSA) is 37.4 Å². The molecule has 0 saturated carbocycles. The van der Waals surface area contributed by atoms with Crippen molar-refractivity contribution in [1.82, 2.24) is 0 Å². The van der Waals surface area contributed by atoms with E-state index in [9.17, 15) is 14.0 Å². The average molecular weight is 369 g/mol. The zero-order chi connectivity index (χ0) is 18.5. The number of halogens is 1. The fraction of sp³-hybridized carbons (Fsp3) is 0.333. The van der Waals surface area contributed by atoms with E-state index in [2.05, 4.69) is 0 Å². The van der Waals surface area contributed by atoms with Crippen molar-refractivity contribution in [2.24, 2.45) is 5.41 Å². The number of hydrogen-bond donors (Lipinski definition) is 0. The lowest BCUT2D eigenvalue weighted by atomic mass is 9.69. The molecule has 1 aromatic carbocycles. The SMILES string of the molecule is CC1(C)CC(=O)C2=C(C1)N(c1ccccc1F)C(=O)CC2c1ccsc1. The Kier molecular flexibility index (Phi) is 4.07. The number of allylic oxidation sites excluding steroid dienone is 2. The molecule has 1 aliphatic carbocycles. The number of para-hydroxylation sites is 1. The predicted molar refractivity (Wildman–Crippen MR) is 101 cm³/mol. The van der Waals surface area contributed by atoms with E-state index in [1.807, 2.05) is 30.7 Å². The first-order valence-electron chi connectivity index (χ1n) is 8.73. The largest absolute Gasteiger partial charge is 0.294 e. The average Bonchev–Trinajstić information content (AvgIpc) is 3.08. The van der Waals surface area contributed by atoms with Gasteiger partial charge in [-0.2, -0.15) is 11.3 Å². The molecule has 0 spiro atoms. The van der Waals surface area contributed by atoms with Gasteiger partial charge in [0.15, 0.2) is 5.78 Å². The molecule has 1 unspecified atom stereocenters. The minimum Gasteiger partial charge on any atom is -0.294 e. The minimum absolute atomic E-state index is 0.0706. The lowest BCUT2D eigenvalue weighted by Gasteiger charge is -2.42. The Labute approximate surface area is 156 Å². The zero-order valence-corrected chi connectivity index (χ0v) is 15.6. The summed E-state index contributed by atoms with van der Waals surface area (Å²) in [6.07, 6.45) is 1.22. The number of hydrogen-bond acceptors (Lipinski definition) is 3. The van der Waals surface area contributed by atoms with Crippen molar-refractivity contribution in [3.63, 3.8) is 0 Å². The van der Waals surface area contributed by atoms with Crippen LogP contribution in [0.15, 0.2) is 52.4 Å². The molecule has 1 aliphatic heterocycles. The van der Waals surface area contributed by atoms with E-state index < -0.39 is 5.82 Å². The molecule has 2 aromatic rings. The Morgan fingerprint density at radius 3 is 2.62 bits per heavy atom. The van der Waals surface area contributed by atoms with Crippen LogP contribution in [0.2, 0.25) is 0 Å². The number of carbonyl (C=O) groups is 2. The van der Waals surface area contributed by atoms with Crippen LogP contribution in [-0.2, 0) is 9.59 Å². The van der Waals surface area contributed by atoms with Gasteiger partial charge in [0, 0.05) is 30.0 Å². The van der Waals surface area contributed by atoms with E-state index in [-0.39, 0.29) is 35.1 Å². The molecule has 134 valence electrons. The van der Waals surface area contributed by atoms with Crippen LogP contribution in [0, 0.1) is 11.2 Å². The molecule has 3 nitrogen and oxygen atoms in total. The van der Waals surface area contributed by atoms with E-state index in [4.69, 9.17) is 0 Å². The summed E-state index contributed by atoms with van der Waals surface area (Å²) in [7, 11) is 0. The van der Waals surface area contributed by atoms with Crippen molar-refractivity contribution < 1.29 is 14.0 Å². The molecular formula is C21H20FNO2S. The van der Waals surface area contributed by atoms with Gasteiger partial charge in [0.25, 0.3) is 0 Å². The molecule has 1 aromatic heterocycles. The van der Waals surface area contributed by atoms with Gasteiger partial charge in [0.1, 0.15) is 5.82 Å². The summed E-state index contributed by atoms with van der Waals surface area (Å²) >= 11 is 1.56. The molecule has 0 saturated heterocycles. The van der Waals surface area contributed by atoms with Crippen molar-refractivity contribution in [1.29, 1.82) is 0 Å². The molecule has 1 atom stereocenters. The molecule has 2 heterocycles. The monoisotopic (exact) mass is 369 g/mol. The van der Waals surface area contributed by atoms with E-state index in [1.54, 1.807) is 29.5 Å². The number of rotatable bonds is 2. The van der Waals surface area contributed by atoms with Gasteiger partial charge in [0.05, 0.1) is 5.69 Å². The molecule has 4 rings (SSSR count). The molecule has 0 bridgehead atoms. The van der Waals surface area contributed by atoms with Gasteiger partial charge in [-0.1, -0.05) is 26.0 Å². The maximum absolute atomic E-state index is 14.5. The lowest BCUT2D eigenvalue weighted by Crippen LogP contribution is -2.44. The summed E-state index contributed by atoms with van der Waals surface area (Å²) in [4.78, 5) is 27.5. The molecule has 0 radical (unpaired) electrons. The van der Waals surface area contributed by atoms with Crippen LogP contribution < -0.4 is 4.90 Å². The minimum atomic E-state index is -0.447. The highest BCUT2D eigenvalue weighted by Crippen LogP contribution is 2.48. The summed E-state index contributed by atoms with van der Waals surface area (Å²) < 4.78 is 14.5. The third kappa shape index (κ3) is 2.80. The quantitative estimate of drug-likeness (QED) is 0.743. The number of thiophene rings is 1. The maximum atomic E-state index is 14.5. The first-order chi connectivity index (χ1) is 12.4. The van der Waals surface area contributed by atoms with Crippen LogP contribution in [0.3, 0.4) is 0 Å². The highest BCUT2D eigenvalue weighted by Gasteiger charge is 2.44. The van der Waals surface area contributed by atoms with Gasteiger partial charge in [-0.15, -0.1) is 0 Å². The lowest BCUT2D eigenvalue weighted by molar-refractivity contribution is -0.121. The number of Topliss-reactive ketones (excluding diaryl/α,β-unsaturated/α-hetero) is 1. The molecule has 5 heteroatoms. The number of amides is 1. The number of carbonyl (C=O) groups excluding carboxylic acids is 2. The van der Waals surface area contributed by atoms with Crippen molar-refractivity contribution in [2.45, 2.75) is 39.0 Å². The highest BCUT2D eigenvalue weighted by atomic mass is 32.1. The Morgan fingerprint density at radius 2 is 1.92 bits per heavy atom. The molecular weight excluding hydrogens is 349 g/mol. The second-order valence-corrected chi connectivity index (χ2v) is 8.58. The third-order valence-corrected chi connectivity index (χ3v) is 5.88. The van der Waals surface area contributed by atoms with Crippen LogP contribution in [0.25, 0.3) is 0 Å². The summed E-state index contributed by atoms with van der Waals surface area (Å²) in [5.41, 5.74) is 2.33. The fourth-order valence-electron chi connectivity index (χ4n) is 4.09. The number of ketones is 1. The van der Waals surface area contributed by atoms with Gasteiger partial charge < -0.3 is 0 Å². The van der Waals surface area contributed by atoms with Gasteiger partial charge in [-0.3, -0.25) is 14.5 Å². The third-order valence-electron chi connectivity index (χ3n) is 5.18. The predicted octanol–water partition coefficient (Wildman–Crippen LogP) is 5.05. The standard InChI is InChI=1S/C21H20FNO2S/c1-21(2)10-17-20(18(24)11-21)14(13-7-8-26-12-13)9-19(25)23(17)16-6-4-3-5-15(16)22/h3-8,12,14H,9-11H2,1-2H3. The fourth-order valence-corrected chi connectivity index (χ4v) is 4.80.